The molecule has 0 amide bonds. The lowest BCUT2D eigenvalue weighted by Crippen LogP contribution is -3.11. The summed E-state index contributed by atoms with van der Waals surface area (Å²) in [5.74, 6) is 0.636. The van der Waals surface area contributed by atoms with Gasteiger partial charge < -0.3 is 9.32 Å². The van der Waals surface area contributed by atoms with Crippen molar-refractivity contribution in [3.63, 3.8) is 0 Å². The summed E-state index contributed by atoms with van der Waals surface area (Å²) in [6.07, 6.45) is 3.99. The van der Waals surface area contributed by atoms with Crippen molar-refractivity contribution >= 4 is 29.1 Å². The predicted molar refractivity (Wildman–Crippen MR) is 105 cm³/mol. The quantitative estimate of drug-likeness (QED) is 0.686. The molecule has 7 heteroatoms. The topological polar surface area (TPSA) is 48.3 Å². The lowest BCUT2D eigenvalue weighted by Gasteiger charge is -2.23. The molecule has 3 aromatic rings. The van der Waals surface area contributed by atoms with Gasteiger partial charge in [0, 0.05) is 11.8 Å². The van der Waals surface area contributed by atoms with Crippen molar-refractivity contribution in [2.45, 2.75) is 26.4 Å². The molecule has 0 radical (unpaired) electrons. The Bertz CT molecular complexity index is 971. The highest BCUT2D eigenvalue weighted by Crippen LogP contribution is 2.18. The fourth-order valence-corrected chi connectivity index (χ4v) is 4.03. The first kappa shape index (κ1) is 17.3. The minimum Gasteiger partial charge on any atom is -0.413 e. The number of nitrogens with zero attached hydrogens (tertiary/aromatic N) is 3. The first-order valence-corrected chi connectivity index (χ1v) is 10.0. The highest BCUT2D eigenvalue weighted by molar-refractivity contribution is 7.71. The molecule has 5 nitrogen and oxygen atoms in total. The second-order valence-corrected chi connectivity index (χ2v) is 7.91. The third-order valence-corrected chi connectivity index (χ3v) is 5.67. The van der Waals surface area contributed by atoms with E-state index in [9.17, 15) is 0 Å². The zero-order valence-electron chi connectivity index (χ0n) is 14.6. The molecule has 1 aromatic carbocycles. The maximum atomic E-state index is 5.66. The van der Waals surface area contributed by atoms with E-state index in [-0.39, 0.29) is 0 Å². The lowest BCUT2D eigenvalue weighted by molar-refractivity contribution is -0.918. The van der Waals surface area contributed by atoms with E-state index in [1.54, 1.807) is 16.0 Å². The molecular weight excluding hydrogens is 364 g/mol. The van der Waals surface area contributed by atoms with E-state index in [1.165, 1.54) is 16.0 Å². The van der Waals surface area contributed by atoms with Crippen LogP contribution in [0.5, 0.6) is 0 Å². The predicted octanol–water partition coefficient (Wildman–Crippen LogP) is 2.89. The van der Waals surface area contributed by atoms with Crippen LogP contribution in [0.25, 0.3) is 5.57 Å². The largest absolute Gasteiger partial charge is 0.413 e. The van der Waals surface area contributed by atoms with Crippen molar-refractivity contribution in [2.24, 2.45) is 0 Å². The highest BCUT2D eigenvalue weighted by Gasteiger charge is 2.18. The summed E-state index contributed by atoms with van der Waals surface area (Å²) in [6, 6.07) is 10.6. The standard InChI is InChI=1S/C19H20N4OS2/c1-14-20-17(12-26-14)11-18-21-23(19(25)24-18)13-22-9-7-16(8-10-22)15-5-3-2-4-6-15/h2-7,12H,8-11,13H2,1H3/p+1. The van der Waals surface area contributed by atoms with Gasteiger partial charge in [-0.2, -0.15) is 4.68 Å². The molecule has 2 aromatic heterocycles. The van der Waals surface area contributed by atoms with E-state index in [1.807, 2.05) is 12.3 Å². The average molecular weight is 386 g/mol. The fourth-order valence-electron chi connectivity index (χ4n) is 3.22. The van der Waals surface area contributed by atoms with Crippen molar-refractivity contribution in [1.29, 1.82) is 0 Å². The van der Waals surface area contributed by atoms with E-state index in [0.717, 1.165) is 36.9 Å². The zero-order chi connectivity index (χ0) is 17.9. The first-order valence-electron chi connectivity index (χ1n) is 8.73. The number of hydrogen-bond acceptors (Lipinski definition) is 5. The molecule has 0 spiro atoms. The van der Waals surface area contributed by atoms with Crippen LogP contribution in [-0.4, -0.2) is 27.9 Å². The third kappa shape index (κ3) is 4.00. The van der Waals surface area contributed by atoms with Gasteiger partial charge in [0.15, 0.2) is 6.67 Å². The van der Waals surface area contributed by atoms with E-state index in [0.29, 0.717) is 17.1 Å². The second kappa shape index (κ2) is 7.65. The smallest absolute Gasteiger partial charge is 0.291 e. The van der Waals surface area contributed by atoms with Gasteiger partial charge in [-0.05, 0) is 36.4 Å². The third-order valence-electron chi connectivity index (χ3n) is 4.55. The van der Waals surface area contributed by atoms with Crippen LogP contribution in [0.1, 0.15) is 28.6 Å². The Hall–Kier alpha value is -2.09. The summed E-state index contributed by atoms with van der Waals surface area (Å²) >= 11 is 6.99. The molecule has 0 saturated heterocycles. The molecule has 1 unspecified atom stereocenters. The Balaban J connectivity index is 1.41. The van der Waals surface area contributed by atoms with Crippen LogP contribution in [0, 0.1) is 11.8 Å². The number of hydrogen-bond donors (Lipinski definition) is 1. The summed E-state index contributed by atoms with van der Waals surface area (Å²) in [6.45, 7) is 4.77. The number of aromatic nitrogens is 3. The number of benzene rings is 1. The average Bonchev–Trinajstić information content (AvgIpc) is 3.22. The van der Waals surface area contributed by atoms with Gasteiger partial charge in [-0.1, -0.05) is 30.3 Å². The molecule has 1 aliphatic rings. The van der Waals surface area contributed by atoms with Crippen LogP contribution in [0.3, 0.4) is 0 Å². The maximum Gasteiger partial charge on any atom is 0.291 e. The molecule has 4 rings (SSSR count). The van der Waals surface area contributed by atoms with Crippen LogP contribution >= 0.6 is 23.6 Å². The Kier molecular flexibility index (Phi) is 5.10. The van der Waals surface area contributed by atoms with Gasteiger partial charge in [0.2, 0.25) is 5.89 Å². The Morgan fingerprint density at radius 3 is 2.85 bits per heavy atom. The van der Waals surface area contributed by atoms with Gasteiger partial charge in [0.05, 0.1) is 30.2 Å². The Morgan fingerprint density at radius 1 is 1.31 bits per heavy atom. The summed E-state index contributed by atoms with van der Waals surface area (Å²) in [4.78, 5) is 6.34. The second-order valence-electron chi connectivity index (χ2n) is 6.50. The molecule has 1 atom stereocenters. The summed E-state index contributed by atoms with van der Waals surface area (Å²) in [5, 5.41) is 7.65. The van der Waals surface area contributed by atoms with Crippen molar-refractivity contribution in [1.82, 2.24) is 14.8 Å². The van der Waals surface area contributed by atoms with Gasteiger partial charge in [0.25, 0.3) is 4.84 Å². The van der Waals surface area contributed by atoms with E-state index >= 15 is 0 Å². The van der Waals surface area contributed by atoms with Crippen LogP contribution in [-0.2, 0) is 13.1 Å². The molecule has 134 valence electrons. The molecule has 1 aliphatic heterocycles. The van der Waals surface area contributed by atoms with Gasteiger partial charge in [-0.25, -0.2) is 4.98 Å². The van der Waals surface area contributed by atoms with Gasteiger partial charge in [0.1, 0.15) is 0 Å². The van der Waals surface area contributed by atoms with Crippen LogP contribution in [0.4, 0.5) is 0 Å². The fraction of sp³-hybridized carbons (Fsp3) is 0.316. The lowest BCUT2D eigenvalue weighted by atomic mass is 10.00. The number of quaternary nitrogens is 1. The molecule has 0 bridgehead atoms. The monoisotopic (exact) mass is 385 g/mol. The summed E-state index contributed by atoms with van der Waals surface area (Å²) in [5.41, 5.74) is 3.74. The summed E-state index contributed by atoms with van der Waals surface area (Å²) < 4.78 is 7.47. The van der Waals surface area contributed by atoms with E-state index in [4.69, 9.17) is 16.6 Å². The van der Waals surface area contributed by atoms with E-state index < -0.39 is 0 Å². The minimum atomic E-state index is 0.442. The maximum absolute atomic E-state index is 5.66. The number of thiazole rings is 1. The van der Waals surface area contributed by atoms with Gasteiger partial charge >= 0.3 is 0 Å². The molecule has 1 N–H and O–H groups in total. The SMILES string of the molecule is Cc1nc(Cc2nn(C[NH+]3CC=C(c4ccccc4)CC3)c(=S)o2)cs1. The van der Waals surface area contributed by atoms with Crippen molar-refractivity contribution in [2.75, 3.05) is 13.1 Å². The molecule has 0 saturated carbocycles. The first-order chi connectivity index (χ1) is 12.7. The molecule has 3 heterocycles. The van der Waals surface area contributed by atoms with Crippen molar-refractivity contribution < 1.29 is 9.32 Å². The van der Waals surface area contributed by atoms with Gasteiger partial charge in [-0.3, -0.25) is 0 Å². The highest BCUT2D eigenvalue weighted by atomic mass is 32.1. The number of aryl methyl sites for hydroxylation is 1. The zero-order valence-corrected chi connectivity index (χ0v) is 16.3. The molecule has 0 aliphatic carbocycles. The Labute approximate surface area is 161 Å². The summed E-state index contributed by atoms with van der Waals surface area (Å²) in [7, 11) is 0. The van der Waals surface area contributed by atoms with Crippen LogP contribution in [0.15, 0.2) is 46.2 Å². The van der Waals surface area contributed by atoms with Gasteiger partial charge in [-0.15, -0.1) is 16.4 Å². The van der Waals surface area contributed by atoms with Crippen LogP contribution in [0.2, 0.25) is 0 Å². The van der Waals surface area contributed by atoms with Crippen LogP contribution < -0.4 is 4.90 Å². The molecular formula is C19H21N4OS2+. The number of rotatable bonds is 5. The van der Waals surface area contributed by atoms with Crippen molar-refractivity contribution in [3.05, 3.63) is 68.8 Å². The minimum absolute atomic E-state index is 0.442. The molecule has 0 fully saturated rings. The van der Waals surface area contributed by atoms with E-state index in [2.05, 4.69) is 46.5 Å². The Morgan fingerprint density at radius 2 is 2.15 bits per heavy atom. The van der Waals surface area contributed by atoms with Crippen molar-refractivity contribution in [3.8, 4) is 0 Å². The number of nitrogens with one attached hydrogen (secondary N) is 1. The molecule has 26 heavy (non-hydrogen) atoms. The normalized spacial score (nSPS) is 17.3.